The molecule has 0 spiro atoms. The van der Waals surface area contributed by atoms with Crippen LogP contribution in [-0.4, -0.2) is 49.8 Å². The summed E-state index contributed by atoms with van der Waals surface area (Å²) in [7, 11) is 0. The summed E-state index contributed by atoms with van der Waals surface area (Å²) < 4.78 is 7.43. The van der Waals surface area contributed by atoms with Crippen LogP contribution in [0.15, 0.2) is 17.1 Å². The molecule has 2 rings (SSSR count). The summed E-state index contributed by atoms with van der Waals surface area (Å²) in [5, 5.41) is 28.1. The highest BCUT2D eigenvalue weighted by Crippen LogP contribution is 2.29. The lowest BCUT2D eigenvalue weighted by Gasteiger charge is -2.15. The Morgan fingerprint density at radius 2 is 2.20 bits per heavy atom. The van der Waals surface area contributed by atoms with Crippen molar-refractivity contribution in [2.24, 2.45) is 0 Å². The van der Waals surface area contributed by atoms with Gasteiger partial charge in [-0.25, -0.2) is 4.98 Å². The third-order valence-electron chi connectivity index (χ3n) is 2.38. The number of ether oxygens (including phenoxy) is 1. The molecule has 2 heterocycles. The minimum absolute atomic E-state index is 0.329. The van der Waals surface area contributed by atoms with E-state index in [1.54, 1.807) is 6.20 Å². The van der Waals surface area contributed by atoms with Gasteiger partial charge >= 0.3 is 0 Å². The summed E-state index contributed by atoms with van der Waals surface area (Å²) in [6, 6.07) is 0. The van der Waals surface area contributed by atoms with E-state index in [-0.39, 0.29) is 6.61 Å². The summed E-state index contributed by atoms with van der Waals surface area (Å²) in [5.41, 5.74) is 0. The molecule has 1 fully saturated rings. The Kier molecular flexibility index (Phi) is 3.08. The molecular formula is C8H11BrN2O4. The number of aromatic nitrogens is 2. The molecule has 1 aliphatic rings. The maximum absolute atomic E-state index is 9.67. The normalized spacial score (nSPS) is 36.0. The standard InChI is InChI=1S/C8H11BrN2O4/c9-5-1-11(3-10-5)8-7(14)6(13)4(2-12)15-8/h1,3-4,6-8,12-14H,2H2/t4-,6-,7-,8+/m1/s1. The zero-order valence-electron chi connectivity index (χ0n) is 7.69. The molecule has 3 N–H and O–H groups in total. The van der Waals surface area contributed by atoms with Gasteiger partial charge in [-0.05, 0) is 15.9 Å². The molecule has 0 radical (unpaired) electrons. The first kappa shape index (κ1) is 11.0. The average Bonchev–Trinajstić information content (AvgIpc) is 2.74. The molecule has 84 valence electrons. The lowest BCUT2D eigenvalue weighted by Crippen LogP contribution is -2.33. The van der Waals surface area contributed by atoms with Crippen molar-refractivity contribution in [2.45, 2.75) is 24.5 Å². The quantitative estimate of drug-likeness (QED) is 0.663. The lowest BCUT2D eigenvalue weighted by molar-refractivity contribution is -0.0528. The van der Waals surface area contributed by atoms with Crippen molar-refractivity contribution >= 4 is 15.9 Å². The molecule has 0 amide bonds. The van der Waals surface area contributed by atoms with Gasteiger partial charge in [0.25, 0.3) is 0 Å². The van der Waals surface area contributed by atoms with Gasteiger partial charge in [0.15, 0.2) is 6.23 Å². The third-order valence-corrected chi connectivity index (χ3v) is 2.79. The molecule has 15 heavy (non-hydrogen) atoms. The summed E-state index contributed by atoms with van der Waals surface area (Å²) in [5.74, 6) is 0. The van der Waals surface area contributed by atoms with E-state index in [1.165, 1.54) is 10.9 Å². The molecule has 0 bridgehead atoms. The van der Waals surface area contributed by atoms with Crippen molar-refractivity contribution < 1.29 is 20.1 Å². The van der Waals surface area contributed by atoms with Crippen LogP contribution in [0.5, 0.6) is 0 Å². The molecule has 1 aromatic heterocycles. The van der Waals surface area contributed by atoms with Gasteiger partial charge < -0.3 is 24.6 Å². The number of aliphatic hydroxyl groups is 3. The maximum Gasteiger partial charge on any atom is 0.164 e. The molecule has 7 heteroatoms. The van der Waals surface area contributed by atoms with E-state index in [2.05, 4.69) is 20.9 Å². The van der Waals surface area contributed by atoms with E-state index in [0.29, 0.717) is 4.60 Å². The number of halogens is 1. The van der Waals surface area contributed by atoms with Gasteiger partial charge in [0.2, 0.25) is 0 Å². The Balaban J connectivity index is 2.18. The highest BCUT2D eigenvalue weighted by molar-refractivity contribution is 9.10. The van der Waals surface area contributed by atoms with Gasteiger partial charge in [0.1, 0.15) is 22.9 Å². The smallest absolute Gasteiger partial charge is 0.164 e. The van der Waals surface area contributed by atoms with Gasteiger partial charge in [-0.2, -0.15) is 0 Å². The Morgan fingerprint density at radius 1 is 1.47 bits per heavy atom. The predicted octanol–water partition coefficient (Wildman–Crippen LogP) is -0.743. The highest BCUT2D eigenvalue weighted by Gasteiger charge is 2.43. The SMILES string of the molecule is OC[C@H]1O[C@H](n2cnc(Br)c2)[C@H](O)[C@@H]1O. The average molecular weight is 279 g/mol. The van der Waals surface area contributed by atoms with Crippen molar-refractivity contribution in [3.63, 3.8) is 0 Å². The van der Waals surface area contributed by atoms with E-state index < -0.39 is 24.5 Å². The third kappa shape index (κ3) is 1.93. The summed E-state index contributed by atoms with van der Waals surface area (Å²) in [4.78, 5) is 3.92. The van der Waals surface area contributed by atoms with Gasteiger partial charge in [-0.1, -0.05) is 0 Å². The fourth-order valence-electron chi connectivity index (χ4n) is 1.58. The highest BCUT2D eigenvalue weighted by atomic mass is 79.9. The Bertz CT molecular complexity index is 345. The van der Waals surface area contributed by atoms with Crippen LogP contribution in [0.25, 0.3) is 0 Å². The van der Waals surface area contributed by atoms with Crippen LogP contribution < -0.4 is 0 Å². The Hall–Kier alpha value is -0.470. The minimum atomic E-state index is -1.08. The first-order valence-corrected chi connectivity index (χ1v) is 5.24. The lowest BCUT2D eigenvalue weighted by atomic mass is 10.1. The molecule has 0 aliphatic carbocycles. The number of hydrogen-bond acceptors (Lipinski definition) is 5. The topological polar surface area (TPSA) is 87.7 Å². The molecule has 1 saturated heterocycles. The number of rotatable bonds is 2. The zero-order valence-corrected chi connectivity index (χ0v) is 9.28. The number of hydrogen-bond donors (Lipinski definition) is 3. The van der Waals surface area contributed by atoms with E-state index in [4.69, 9.17) is 9.84 Å². The predicted molar refractivity (Wildman–Crippen MR) is 52.9 cm³/mol. The molecule has 4 atom stereocenters. The summed E-state index contributed by atoms with van der Waals surface area (Å²) >= 11 is 3.17. The van der Waals surface area contributed by atoms with Crippen LogP contribution in [0.4, 0.5) is 0 Å². The van der Waals surface area contributed by atoms with Crippen molar-refractivity contribution in [1.82, 2.24) is 9.55 Å². The van der Waals surface area contributed by atoms with Crippen LogP contribution in [0, 0.1) is 0 Å². The van der Waals surface area contributed by atoms with Crippen LogP contribution in [0.1, 0.15) is 6.23 Å². The number of imidazole rings is 1. The first-order chi connectivity index (χ1) is 7.13. The van der Waals surface area contributed by atoms with Crippen molar-refractivity contribution in [3.05, 3.63) is 17.1 Å². The van der Waals surface area contributed by atoms with Crippen LogP contribution >= 0.6 is 15.9 Å². The van der Waals surface area contributed by atoms with E-state index in [9.17, 15) is 10.2 Å². The fourth-order valence-corrected chi connectivity index (χ4v) is 1.91. The van der Waals surface area contributed by atoms with Gasteiger partial charge in [-0.15, -0.1) is 0 Å². The van der Waals surface area contributed by atoms with E-state index in [0.717, 1.165) is 0 Å². The molecule has 1 aromatic rings. The van der Waals surface area contributed by atoms with Crippen molar-refractivity contribution in [1.29, 1.82) is 0 Å². The molecule has 1 aliphatic heterocycles. The number of aliphatic hydroxyl groups excluding tert-OH is 3. The second kappa shape index (κ2) is 4.18. The van der Waals surface area contributed by atoms with Gasteiger partial charge in [0, 0.05) is 6.20 Å². The first-order valence-electron chi connectivity index (χ1n) is 4.45. The molecule has 0 saturated carbocycles. The molecular weight excluding hydrogens is 268 g/mol. The number of nitrogens with zero attached hydrogens (tertiary/aromatic N) is 2. The van der Waals surface area contributed by atoms with Crippen LogP contribution in [-0.2, 0) is 4.74 Å². The largest absolute Gasteiger partial charge is 0.394 e. The summed E-state index contributed by atoms with van der Waals surface area (Å²) in [6.45, 7) is -0.329. The second-order valence-corrected chi connectivity index (χ2v) is 4.18. The molecule has 0 unspecified atom stereocenters. The van der Waals surface area contributed by atoms with E-state index >= 15 is 0 Å². The van der Waals surface area contributed by atoms with Crippen molar-refractivity contribution in [3.8, 4) is 0 Å². The Morgan fingerprint density at radius 3 is 2.67 bits per heavy atom. The molecule has 0 aromatic carbocycles. The van der Waals surface area contributed by atoms with Crippen molar-refractivity contribution in [2.75, 3.05) is 6.61 Å². The Labute approximate surface area is 94.3 Å². The second-order valence-electron chi connectivity index (χ2n) is 3.37. The zero-order chi connectivity index (χ0) is 11.0. The fraction of sp³-hybridized carbons (Fsp3) is 0.625. The van der Waals surface area contributed by atoms with Crippen LogP contribution in [0.3, 0.4) is 0 Å². The van der Waals surface area contributed by atoms with Gasteiger partial charge in [-0.3, -0.25) is 0 Å². The summed E-state index contributed by atoms with van der Waals surface area (Å²) in [6.07, 6.45) is -0.517. The van der Waals surface area contributed by atoms with Crippen LogP contribution in [0.2, 0.25) is 0 Å². The van der Waals surface area contributed by atoms with Gasteiger partial charge in [0.05, 0.1) is 12.9 Å². The van der Waals surface area contributed by atoms with E-state index in [1.807, 2.05) is 0 Å². The molecule has 6 nitrogen and oxygen atoms in total. The monoisotopic (exact) mass is 278 g/mol. The maximum atomic E-state index is 9.67. The minimum Gasteiger partial charge on any atom is -0.394 e.